The second-order valence-corrected chi connectivity index (χ2v) is 9.64. The number of likely N-dealkylation sites (N-methyl/N-ethyl adjacent to an activating group) is 1. The molecule has 3 aromatic heterocycles. The van der Waals surface area contributed by atoms with Gasteiger partial charge in [0.15, 0.2) is 5.65 Å². The summed E-state index contributed by atoms with van der Waals surface area (Å²) in [5.74, 6) is -0.311. The quantitative estimate of drug-likeness (QED) is 0.467. The number of halogens is 1. The average molecular weight is 460 g/mol. The summed E-state index contributed by atoms with van der Waals surface area (Å²) in [5.41, 5.74) is 4.82. The highest BCUT2D eigenvalue weighted by molar-refractivity contribution is 5.98. The molecule has 7 nitrogen and oxygen atoms in total. The van der Waals surface area contributed by atoms with Gasteiger partial charge < -0.3 is 9.80 Å². The molecule has 0 aliphatic carbocycles. The Balaban J connectivity index is 1.25. The second kappa shape index (κ2) is 8.60. The highest BCUT2D eigenvalue weighted by Gasteiger charge is 2.27. The predicted octanol–water partition coefficient (Wildman–Crippen LogP) is 3.61. The van der Waals surface area contributed by atoms with Crippen molar-refractivity contribution in [2.45, 2.75) is 25.8 Å². The third kappa shape index (κ3) is 3.80. The molecule has 0 radical (unpaired) electrons. The maximum absolute atomic E-state index is 14.4. The maximum atomic E-state index is 14.4. The number of piperazine rings is 1. The van der Waals surface area contributed by atoms with Gasteiger partial charge in [0.05, 0.1) is 24.3 Å². The van der Waals surface area contributed by atoms with E-state index in [1.807, 2.05) is 36.0 Å². The molecule has 5 heterocycles. The lowest BCUT2D eigenvalue weighted by Crippen LogP contribution is -2.52. The second-order valence-electron chi connectivity index (χ2n) is 9.64. The molecule has 0 spiro atoms. The highest BCUT2D eigenvalue weighted by Crippen LogP contribution is 2.32. The van der Waals surface area contributed by atoms with Crippen molar-refractivity contribution in [2.75, 3.05) is 51.2 Å². The molecule has 0 unspecified atom stereocenters. The number of fused-ring (bicyclic) bond motifs is 2. The molecule has 34 heavy (non-hydrogen) atoms. The van der Waals surface area contributed by atoms with Crippen LogP contribution in [-0.2, 0) is 0 Å². The van der Waals surface area contributed by atoms with Crippen LogP contribution >= 0.6 is 0 Å². The van der Waals surface area contributed by atoms with E-state index in [2.05, 4.69) is 38.0 Å². The zero-order chi connectivity index (χ0) is 23.2. The molecule has 2 fully saturated rings. The van der Waals surface area contributed by atoms with Crippen LogP contribution in [0.3, 0.4) is 0 Å². The van der Waals surface area contributed by atoms with E-state index in [0.717, 1.165) is 46.6 Å². The normalized spacial score (nSPS) is 18.9. The van der Waals surface area contributed by atoms with Crippen LogP contribution < -0.4 is 4.90 Å². The Kier molecular flexibility index (Phi) is 5.42. The summed E-state index contributed by atoms with van der Waals surface area (Å²) in [6.07, 6.45) is 8.21. The molecule has 0 atom stereocenters. The van der Waals surface area contributed by atoms with E-state index in [-0.39, 0.29) is 5.82 Å². The minimum Gasteiger partial charge on any atom is -0.369 e. The fourth-order valence-corrected chi connectivity index (χ4v) is 5.46. The molecule has 0 N–H and O–H groups in total. The van der Waals surface area contributed by atoms with Crippen LogP contribution in [0.25, 0.3) is 27.7 Å². The van der Waals surface area contributed by atoms with Crippen molar-refractivity contribution in [3.63, 3.8) is 0 Å². The standard InChI is InChI=1S/C26H30FN7/c1-18-14-22(21-4-3-5-24(27)25(21)30-18)23-16-29-34-17-20(15-28-26(23)34)32-8-6-19(7-9-32)33-12-10-31(2)11-13-33/h3-5,14-17,19H,6-13H2,1-2H3. The number of hydrogen-bond donors (Lipinski definition) is 0. The van der Waals surface area contributed by atoms with Gasteiger partial charge in [-0.15, -0.1) is 0 Å². The van der Waals surface area contributed by atoms with Crippen LogP contribution in [0.5, 0.6) is 0 Å². The molecule has 176 valence electrons. The van der Waals surface area contributed by atoms with Crippen molar-refractivity contribution in [3.05, 3.63) is 54.4 Å². The van der Waals surface area contributed by atoms with Crippen LogP contribution in [0.1, 0.15) is 18.5 Å². The molecular formula is C26H30FN7. The minimum atomic E-state index is -0.311. The number of rotatable bonds is 3. The van der Waals surface area contributed by atoms with Gasteiger partial charge in [0, 0.05) is 62.0 Å². The van der Waals surface area contributed by atoms with Crippen LogP contribution in [0.15, 0.2) is 42.9 Å². The first-order valence-corrected chi connectivity index (χ1v) is 12.1. The number of benzene rings is 1. The summed E-state index contributed by atoms with van der Waals surface area (Å²) in [7, 11) is 2.21. The van der Waals surface area contributed by atoms with Crippen molar-refractivity contribution in [2.24, 2.45) is 0 Å². The highest BCUT2D eigenvalue weighted by atomic mass is 19.1. The van der Waals surface area contributed by atoms with E-state index in [9.17, 15) is 4.39 Å². The number of anilines is 1. The van der Waals surface area contributed by atoms with Crippen molar-refractivity contribution in [1.82, 2.24) is 29.4 Å². The van der Waals surface area contributed by atoms with Gasteiger partial charge in [-0.3, -0.25) is 9.88 Å². The molecule has 0 bridgehead atoms. The van der Waals surface area contributed by atoms with Gasteiger partial charge in [0.2, 0.25) is 0 Å². The van der Waals surface area contributed by atoms with Crippen molar-refractivity contribution in [1.29, 1.82) is 0 Å². The molecule has 4 aromatic rings. The molecule has 2 aliphatic heterocycles. The Morgan fingerprint density at radius 3 is 2.56 bits per heavy atom. The fourth-order valence-electron chi connectivity index (χ4n) is 5.46. The van der Waals surface area contributed by atoms with Crippen molar-refractivity contribution >= 4 is 22.2 Å². The summed E-state index contributed by atoms with van der Waals surface area (Å²) in [5, 5.41) is 5.38. The molecule has 2 aliphatic rings. The average Bonchev–Trinajstić information content (AvgIpc) is 3.28. The lowest BCUT2D eigenvalue weighted by molar-refractivity contribution is 0.0982. The molecule has 6 rings (SSSR count). The van der Waals surface area contributed by atoms with Crippen molar-refractivity contribution in [3.8, 4) is 11.1 Å². The number of piperidine rings is 1. The molecule has 8 heteroatoms. The smallest absolute Gasteiger partial charge is 0.162 e. The summed E-state index contributed by atoms with van der Waals surface area (Å²) in [6.45, 7) is 8.65. The van der Waals surface area contributed by atoms with E-state index >= 15 is 0 Å². The number of pyridine rings is 1. The van der Waals surface area contributed by atoms with Gasteiger partial charge in [0.1, 0.15) is 11.3 Å². The van der Waals surface area contributed by atoms with Gasteiger partial charge in [-0.25, -0.2) is 13.9 Å². The lowest BCUT2D eigenvalue weighted by Gasteiger charge is -2.42. The molecular weight excluding hydrogens is 429 g/mol. The van der Waals surface area contributed by atoms with Crippen LogP contribution in [0, 0.1) is 12.7 Å². The van der Waals surface area contributed by atoms with E-state index in [4.69, 9.17) is 4.98 Å². The topological polar surface area (TPSA) is 52.8 Å². The number of aryl methyl sites for hydroxylation is 1. The summed E-state index contributed by atoms with van der Waals surface area (Å²) < 4.78 is 16.3. The van der Waals surface area contributed by atoms with Gasteiger partial charge >= 0.3 is 0 Å². The number of hydrogen-bond acceptors (Lipinski definition) is 6. The van der Waals surface area contributed by atoms with E-state index in [0.29, 0.717) is 11.6 Å². The zero-order valence-electron chi connectivity index (χ0n) is 19.8. The number of nitrogens with zero attached hydrogens (tertiary/aromatic N) is 7. The lowest BCUT2D eigenvalue weighted by atomic mass is 10.0. The van der Waals surface area contributed by atoms with Gasteiger partial charge in [-0.05, 0) is 44.5 Å². The first-order chi connectivity index (χ1) is 16.6. The molecule has 2 saturated heterocycles. The predicted molar refractivity (Wildman–Crippen MR) is 133 cm³/mol. The Morgan fingerprint density at radius 1 is 0.971 bits per heavy atom. The SMILES string of the molecule is Cc1cc(-c2cnn3cc(N4CCC(N5CCN(C)CC5)CC4)cnc23)c2cccc(F)c2n1. The molecule has 1 aromatic carbocycles. The van der Waals surface area contributed by atoms with Crippen molar-refractivity contribution < 1.29 is 4.39 Å². The van der Waals surface area contributed by atoms with Crippen LogP contribution in [0.2, 0.25) is 0 Å². The first-order valence-electron chi connectivity index (χ1n) is 12.1. The van der Waals surface area contributed by atoms with Crippen LogP contribution in [-0.4, -0.2) is 81.7 Å². The Bertz CT molecular complexity index is 1330. The zero-order valence-corrected chi connectivity index (χ0v) is 19.8. The third-order valence-electron chi connectivity index (χ3n) is 7.44. The summed E-state index contributed by atoms with van der Waals surface area (Å²) in [6, 6.07) is 7.74. The van der Waals surface area contributed by atoms with E-state index in [1.54, 1.807) is 6.07 Å². The first kappa shape index (κ1) is 21.4. The maximum Gasteiger partial charge on any atom is 0.162 e. The Hall–Kier alpha value is -3.10. The molecule has 0 amide bonds. The molecule has 0 saturated carbocycles. The van der Waals surface area contributed by atoms with Gasteiger partial charge in [0.25, 0.3) is 0 Å². The number of aromatic nitrogens is 4. The number of para-hydroxylation sites is 1. The van der Waals surface area contributed by atoms with Crippen LogP contribution in [0.4, 0.5) is 10.1 Å². The largest absolute Gasteiger partial charge is 0.369 e. The summed E-state index contributed by atoms with van der Waals surface area (Å²) in [4.78, 5) is 16.7. The fraction of sp³-hybridized carbons (Fsp3) is 0.423. The Morgan fingerprint density at radius 2 is 1.76 bits per heavy atom. The monoisotopic (exact) mass is 459 g/mol. The minimum absolute atomic E-state index is 0.311. The van der Waals surface area contributed by atoms with Gasteiger partial charge in [-0.2, -0.15) is 5.10 Å². The van der Waals surface area contributed by atoms with E-state index < -0.39 is 0 Å². The van der Waals surface area contributed by atoms with E-state index in [1.165, 1.54) is 45.1 Å². The Labute approximate surface area is 198 Å². The third-order valence-corrected chi connectivity index (χ3v) is 7.44. The summed E-state index contributed by atoms with van der Waals surface area (Å²) >= 11 is 0. The van der Waals surface area contributed by atoms with Gasteiger partial charge in [-0.1, -0.05) is 12.1 Å².